The summed E-state index contributed by atoms with van der Waals surface area (Å²) in [5.41, 5.74) is 4.94. The zero-order chi connectivity index (χ0) is 19.4. The lowest BCUT2D eigenvalue weighted by Gasteiger charge is -2.16. The molecule has 1 unspecified atom stereocenters. The second kappa shape index (κ2) is 8.57. The first kappa shape index (κ1) is 19.4. The van der Waals surface area contributed by atoms with Crippen LogP contribution in [-0.2, 0) is 4.84 Å². The molecule has 2 aromatic rings. The van der Waals surface area contributed by atoms with Crippen LogP contribution >= 0.6 is 15.9 Å². The molecule has 5 nitrogen and oxygen atoms in total. The summed E-state index contributed by atoms with van der Waals surface area (Å²) in [6, 6.07) is 12.1. The van der Waals surface area contributed by atoms with Crippen molar-refractivity contribution in [1.82, 2.24) is 4.90 Å². The maximum absolute atomic E-state index is 5.75. The Kier molecular flexibility index (Phi) is 6.16. The molecule has 1 aliphatic rings. The smallest absolute Gasteiger partial charge is 0.161 e. The van der Waals surface area contributed by atoms with E-state index in [1.165, 1.54) is 0 Å². The lowest BCUT2D eigenvalue weighted by atomic mass is 9.97. The number of benzene rings is 2. The third kappa shape index (κ3) is 4.33. The van der Waals surface area contributed by atoms with Gasteiger partial charge in [0.25, 0.3) is 0 Å². The summed E-state index contributed by atoms with van der Waals surface area (Å²) in [6.45, 7) is 5.04. The molecule has 0 spiro atoms. The van der Waals surface area contributed by atoms with E-state index in [1.54, 1.807) is 7.11 Å². The van der Waals surface area contributed by atoms with Gasteiger partial charge in [-0.2, -0.15) is 0 Å². The van der Waals surface area contributed by atoms with Crippen LogP contribution in [0.4, 0.5) is 5.69 Å². The zero-order valence-corrected chi connectivity index (χ0v) is 17.7. The van der Waals surface area contributed by atoms with Gasteiger partial charge in [0, 0.05) is 41.7 Å². The number of oxime groups is 1. The van der Waals surface area contributed by atoms with Gasteiger partial charge in [-0.3, -0.25) is 0 Å². The van der Waals surface area contributed by atoms with Crippen LogP contribution in [0.25, 0.3) is 0 Å². The SMILES string of the molecule is CCN(C)C=Nc1cc(OC)c(C2CC(c3ccccc3Br)=NO2)cc1C. The first-order valence-electron chi connectivity index (χ1n) is 8.94. The third-order valence-corrected chi connectivity index (χ3v) is 5.33. The maximum Gasteiger partial charge on any atom is 0.161 e. The number of aliphatic imine (C=N–C) groups is 1. The van der Waals surface area contributed by atoms with E-state index in [9.17, 15) is 0 Å². The number of methoxy groups -OCH3 is 1. The van der Waals surface area contributed by atoms with Crippen molar-refractivity contribution in [2.24, 2.45) is 10.1 Å². The van der Waals surface area contributed by atoms with Crippen LogP contribution in [-0.4, -0.2) is 37.7 Å². The van der Waals surface area contributed by atoms with E-state index in [-0.39, 0.29) is 6.10 Å². The number of halogens is 1. The summed E-state index contributed by atoms with van der Waals surface area (Å²) in [5.74, 6) is 0.764. The van der Waals surface area contributed by atoms with Gasteiger partial charge in [0.15, 0.2) is 6.10 Å². The Labute approximate surface area is 168 Å². The number of rotatable bonds is 6. The normalized spacial score (nSPS) is 16.3. The molecule has 0 bridgehead atoms. The molecule has 3 rings (SSSR count). The largest absolute Gasteiger partial charge is 0.496 e. The van der Waals surface area contributed by atoms with Crippen LogP contribution in [0.5, 0.6) is 5.75 Å². The summed E-state index contributed by atoms with van der Waals surface area (Å²) in [4.78, 5) is 12.4. The predicted molar refractivity (Wildman–Crippen MR) is 113 cm³/mol. The van der Waals surface area contributed by atoms with E-state index in [0.29, 0.717) is 6.42 Å². The number of hydrogen-bond acceptors (Lipinski definition) is 4. The second-order valence-electron chi connectivity index (χ2n) is 6.51. The molecule has 1 aliphatic heterocycles. The topological polar surface area (TPSA) is 46.4 Å². The quantitative estimate of drug-likeness (QED) is 0.465. The van der Waals surface area contributed by atoms with Crippen molar-refractivity contribution in [2.45, 2.75) is 26.4 Å². The molecule has 0 N–H and O–H groups in total. The molecule has 0 aliphatic carbocycles. The van der Waals surface area contributed by atoms with Gasteiger partial charge in [-0.05, 0) is 31.5 Å². The summed E-state index contributed by atoms with van der Waals surface area (Å²) >= 11 is 3.59. The Morgan fingerprint density at radius 3 is 2.85 bits per heavy atom. The minimum atomic E-state index is -0.169. The van der Waals surface area contributed by atoms with E-state index >= 15 is 0 Å². The van der Waals surface area contributed by atoms with E-state index in [4.69, 9.17) is 9.57 Å². The van der Waals surface area contributed by atoms with Crippen molar-refractivity contribution in [2.75, 3.05) is 20.7 Å². The Hall–Kier alpha value is -2.34. The van der Waals surface area contributed by atoms with Crippen LogP contribution in [0.1, 0.15) is 36.1 Å². The first-order chi connectivity index (χ1) is 13.0. The molecular formula is C21H24BrN3O2. The van der Waals surface area contributed by atoms with E-state index in [1.807, 2.05) is 55.5 Å². The van der Waals surface area contributed by atoms with Crippen LogP contribution in [0.15, 0.2) is 51.0 Å². The molecule has 1 atom stereocenters. The number of ether oxygens (including phenoxy) is 1. The second-order valence-corrected chi connectivity index (χ2v) is 7.37. The minimum absolute atomic E-state index is 0.169. The van der Waals surface area contributed by atoms with Gasteiger partial charge < -0.3 is 14.5 Å². The fraction of sp³-hybridized carbons (Fsp3) is 0.333. The van der Waals surface area contributed by atoms with Crippen LogP contribution in [0, 0.1) is 6.92 Å². The van der Waals surface area contributed by atoms with Crippen molar-refractivity contribution < 1.29 is 9.57 Å². The highest BCUT2D eigenvalue weighted by molar-refractivity contribution is 9.10. The minimum Gasteiger partial charge on any atom is -0.496 e. The van der Waals surface area contributed by atoms with Crippen molar-refractivity contribution in [3.63, 3.8) is 0 Å². The number of nitrogens with zero attached hydrogens (tertiary/aromatic N) is 3. The van der Waals surface area contributed by atoms with E-state index in [2.05, 4.69) is 39.1 Å². The van der Waals surface area contributed by atoms with E-state index < -0.39 is 0 Å². The van der Waals surface area contributed by atoms with Gasteiger partial charge >= 0.3 is 0 Å². The molecule has 0 saturated carbocycles. The first-order valence-corrected chi connectivity index (χ1v) is 9.73. The van der Waals surface area contributed by atoms with Crippen LogP contribution in [0.3, 0.4) is 0 Å². The molecule has 0 saturated heterocycles. The molecule has 27 heavy (non-hydrogen) atoms. The number of hydrogen-bond donors (Lipinski definition) is 0. The lowest BCUT2D eigenvalue weighted by Crippen LogP contribution is -2.14. The Balaban J connectivity index is 1.85. The monoisotopic (exact) mass is 429 g/mol. The molecule has 2 aromatic carbocycles. The molecule has 0 fully saturated rings. The average Bonchev–Trinajstić information content (AvgIpc) is 3.16. The van der Waals surface area contributed by atoms with Crippen molar-refractivity contribution in [3.05, 3.63) is 57.6 Å². The average molecular weight is 430 g/mol. The summed E-state index contributed by atoms with van der Waals surface area (Å²) < 4.78 is 6.64. The Morgan fingerprint density at radius 2 is 2.15 bits per heavy atom. The van der Waals surface area contributed by atoms with Crippen LogP contribution in [0.2, 0.25) is 0 Å². The van der Waals surface area contributed by atoms with Gasteiger partial charge in [0.05, 0.1) is 24.8 Å². The van der Waals surface area contributed by atoms with Gasteiger partial charge in [0.1, 0.15) is 5.75 Å². The zero-order valence-electron chi connectivity index (χ0n) is 16.1. The predicted octanol–water partition coefficient (Wildman–Crippen LogP) is 5.24. The highest BCUT2D eigenvalue weighted by Gasteiger charge is 2.28. The van der Waals surface area contributed by atoms with Crippen molar-refractivity contribution in [3.8, 4) is 5.75 Å². The molecule has 1 heterocycles. The maximum atomic E-state index is 5.75. The van der Waals surface area contributed by atoms with Gasteiger partial charge in [-0.1, -0.05) is 39.3 Å². The molecule has 0 aromatic heterocycles. The van der Waals surface area contributed by atoms with Crippen molar-refractivity contribution >= 4 is 33.7 Å². The van der Waals surface area contributed by atoms with Crippen LogP contribution < -0.4 is 4.74 Å². The highest BCUT2D eigenvalue weighted by Crippen LogP contribution is 2.39. The standard InChI is InChI=1S/C21H24BrN3O2/c1-5-25(3)13-23-18-11-20(26-4)16(10-14(18)2)21-12-19(24-27-21)15-8-6-7-9-17(15)22/h6-11,13,21H,5,12H2,1-4H3. The van der Waals surface area contributed by atoms with E-state index in [0.717, 1.165) is 44.9 Å². The Bertz CT molecular complexity index is 880. The van der Waals surface area contributed by atoms with Gasteiger partial charge in [0.2, 0.25) is 0 Å². The highest BCUT2D eigenvalue weighted by atomic mass is 79.9. The molecule has 0 radical (unpaired) electrons. The molecule has 6 heteroatoms. The fourth-order valence-corrected chi connectivity index (χ4v) is 3.42. The van der Waals surface area contributed by atoms with Gasteiger partial charge in [-0.25, -0.2) is 4.99 Å². The summed E-state index contributed by atoms with van der Waals surface area (Å²) in [6.07, 6.45) is 2.36. The molecular weight excluding hydrogens is 406 g/mol. The van der Waals surface area contributed by atoms with Crippen molar-refractivity contribution in [1.29, 1.82) is 0 Å². The molecule has 142 valence electrons. The summed E-state index contributed by atoms with van der Waals surface area (Å²) in [7, 11) is 3.67. The fourth-order valence-electron chi connectivity index (χ4n) is 2.91. The Morgan fingerprint density at radius 1 is 1.37 bits per heavy atom. The number of aryl methyl sites for hydroxylation is 1. The third-order valence-electron chi connectivity index (χ3n) is 4.64. The lowest BCUT2D eigenvalue weighted by molar-refractivity contribution is 0.0836. The molecule has 0 amide bonds. The van der Waals surface area contributed by atoms with Gasteiger partial charge in [-0.15, -0.1) is 0 Å². The summed E-state index contributed by atoms with van der Waals surface area (Å²) in [5, 5.41) is 4.32.